The second-order valence-corrected chi connectivity index (χ2v) is 7.27. The molecule has 0 radical (unpaired) electrons. The standard InChI is InChI=1S/C20H25ClN4O2/c1-15-18(14-23-25(15)17-8-5-7-16(21)13-17)20(27)22-10-6-12-24-11-4-2-3-9-19(24)26/h5,7-8,13-14H,2-4,6,9-12H2,1H3,(H,22,27). The van der Waals surface area contributed by atoms with Crippen LogP contribution in [0.25, 0.3) is 5.69 Å². The number of likely N-dealkylation sites (tertiary alicyclic amines) is 1. The summed E-state index contributed by atoms with van der Waals surface area (Å²) in [6, 6.07) is 7.35. The summed E-state index contributed by atoms with van der Waals surface area (Å²) in [4.78, 5) is 26.4. The minimum Gasteiger partial charge on any atom is -0.352 e. The molecule has 1 aliphatic rings. The van der Waals surface area contributed by atoms with Crippen LogP contribution >= 0.6 is 11.6 Å². The number of halogens is 1. The van der Waals surface area contributed by atoms with Gasteiger partial charge in [0, 0.05) is 31.1 Å². The number of nitrogens with one attached hydrogen (secondary N) is 1. The molecule has 27 heavy (non-hydrogen) atoms. The molecule has 0 bridgehead atoms. The van der Waals surface area contributed by atoms with E-state index >= 15 is 0 Å². The van der Waals surface area contributed by atoms with Crippen LogP contribution in [0.5, 0.6) is 0 Å². The van der Waals surface area contributed by atoms with Crippen LogP contribution in [-0.4, -0.2) is 46.1 Å². The molecule has 3 rings (SSSR count). The van der Waals surface area contributed by atoms with Crippen molar-refractivity contribution in [2.75, 3.05) is 19.6 Å². The Morgan fingerprint density at radius 3 is 2.96 bits per heavy atom. The molecular formula is C20H25ClN4O2. The Morgan fingerprint density at radius 1 is 1.30 bits per heavy atom. The molecule has 0 spiro atoms. The fraction of sp³-hybridized carbons (Fsp3) is 0.450. The number of hydrogen-bond acceptors (Lipinski definition) is 3. The maximum absolute atomic E-state index is 12.5. The maximum Gasteiger partial charge on any atom is 0.254 e. The van der Waals surface area contributed by atoms with E-state index in [1.54, 1.807) is 23.0 Å². The lowest BCUT2D eigenvalue weighted by molar-refractivity contribution is -0.130. The fourth-order valence-corrected chi connectivity index (χ4v) is 3.53. The number of rotatable bonds is 6. The number of carbonyl (C=O) groups excluding carboxylic acids is 2. The fourth-order valence-electron chi connectivity index (χ4n) is 3.34. The topological polar surface area (TPSA) is 67.2 Å². The quantitative estimate of drug-likeness (QED) is 0.771. The van der Waals surface area contributed by atoms with Gasteiger partial charge in [0.2, 0.25) is 5.91 Å². The third-order valence-corrected chi connectivity index (χ3v) is 5.10. The predicted molar refractivity (Wildman–Crippen MR) is 105 cm³/mol. The highest BCUT2D eigenvalue weighted by atomic mass is 35.5. The Balaban J connectivity index is 1.53. The summed E-state index contributed by atoms with van der Waals surface area (Å²) in [5.74, 6) is 0.0837. The lowest BCUT2D eigenvalue weighted by atomic mass is 10.2. The summed E-state index contributed by atoms with van der Waals surface area (Å²) in [5, 5.41) is 7.87. The van der Waals surface area contributed by atoms with Crippen LogP contribution in [0.3, 0.4) is 0 Å². The molecule has 0 saturated carbocycles. The van der Waals surface area contributed by atoms with E-state index in [0.717, 1.165) is 43.6 Å². The van der Waals surface area contributed by atoms with E-state index in [0.29, 0.717) is 30.1 Å². The van der Waals surface area contributed by atoms with Crippen molar-refractivity contribution in [3.63, 3.8) is 0 Å². The zero-order chi connectivity index (χ0) is 19.2. The van der Waals surface area contributed by atoms with Crippen molar-refractivity contribution in [3.05, 3.63) is 46.7 Å². The molecule has 2 heterocycles. The van der Waals surface area contributed by atoms with Crippen LogP contribution in [-0.2, 0) is 4.79 Å². The maximum atomic E-state index is 12.5. The van der Waals surface area contributed by atoms with Crippen molar-refractivity contribution in [3.8, 4) is 5.69 Å². The van der Waals surface area contributed by atoms with E-state index in [-0.39, 0.29) is 11.8 Å². The van der Waals surface area contributed by atoms with Gasteiger partial charge in [0.15, 0.2) is 0 Å². The Morgan fingerprint density at radius 2 is 2.15 bits per heavy atom. The number of carbonyl (C=O) groups is 2. The molecule has 1 aromatic carbocycles. The number of amides is 2. The van der Waals surface area contributed by atoms with Crippen LogP contribution in [0.15, 0.2) is 30.5 Å². The molecule has 1 saturated heterocycles. The highest BCUT2D eigenvalue weighted by molar-refractivity contribution is 6.30. The third kappa shape index (κ3) is 4.89. The highest BCUT2D eigenvalue weighted by Gasteiger charge is 2.17. The molecule has 1 N–H and O–H groups in total. The van der Waals surface area contributed by atoms with Gasteiger partial charge in [0.05, 0.1) is 23.1 Å². The van der Waals surface area contributed by atoms with Gasteiger partial charge in [-0.15, -0.1) is 0 Å². The zero-order valence-electron chi connectivity index (χ0n) is 15.6. The molecular weight excluding hydrogens is 364 g/mol. The zero-order valence-corrected chi connectivity index (χ0v) is 16.3. The Labute approximate surface area is 164 Å². The van der Waals surface area contributed by atoms with Crippen molar-refractivity contribution in [1.29, 1.82) is 0 Å². The van der Waals surface area contributed by atoms with E-state index < -0.39 is 0 Å². The van der Waals surface area contributed by atoms with Crippen molar-refractivity contribution in [2.24, 2.45) is 0 Å². The molecule has 0 unspecified atom stereocenters. The number of hydrogen-bond donors (Lipinski definition) is 1. The molecule has 0 atom stereocenters. The van der Waals surface area contributed by atoms with E-state index in [9.17, 15) is 9.59 Å². The molecule has 1 fully saturated rings. The second kappa shape index (κ2) is 9.04. The smallest absolute Gasteiger partial charge is 0.254 e. The van der Waals surface area contributed by atoms with Gasteiger partial charge in [-0.25, -0.2) is 4.68 Å². The van der Waals surface area contributed by atoms with E-state index in [2.05, 4.69) is 10.4 Å². The molecule has 7 heteroatoms. The summed E-state index contributed by atoms with van der Waals surface area (Å²) in [6.45, 7) is 3.92. The van der Waals surface area contributed by atoms with Gasteiger partial charge in [-0.1, -0.05) is 24.1 Å². The first kappa shape index (κ1) is 19.4. The van der Waals surface area contributed by atoms with Gasteiger partial charge >= 0.3 is 0 Å². The number of benzene rings is 1. The largest absolute Gasteiger partial charge is 0.352 e. The first-order valence-corrected chi connectivity index (χ1v) is 9.80. The van der Waals surface area contributed by atoms with Gasteiger partial charge in [-0.2, -0.15) is 5.10 Å². The minimum absolute atomic E-state index is 0.150. The summed E-state index contributed by atoms with van der Waals surface area (Å²) in [5.41, 5.74) is 2.12. The molecule has 144 valence electrons. The lowest BCUT2D eigenvalue weighted by Crippen LogP contribution is -2.34. The first-order chi connectivity index (χ1) is 13.1. The van der Waals surface area contributed by atoms with Gasteiger partial charge < -0.3 is 10.2 Å². The Bertz CT molecular complexity index is 818. The monoisotopic (exact) mass is 388 g/mol. The van der Waals surface area contributed by atoms with Gasteiger partial charge in [0.1, 0.15) is 0 Å². The molecule has 2 amide bonds. The van der Waals surface area contributed by atoms with Crippen LogP contribution in [0.1, 0.15) is 48.2 Å². The predicted octanol–water partition coefficient (Wildman–Crippen LogP) is 3.36. The van der Waals surface area contributed by atoms with Crippen LogP contribution < -0.4 is 5.32 Å². The van der Waals surface area contributed by atoms with E-state index in [4.69, 9.17) is 11.6 Å². The normalized spacial score (nSPS) is 14.9. The number of nitrogens with zero attached hydrogens (tertiary/aromatic N) is 3. The van der Waals surface area contributed by atoms with Gasteiger partial charge in [0.25, 0.3) is 5.91 Å². The van der Waals surface area contributed by atoms with Crippen LogP contribution in [0.4, 0.5) is 0 Å². The average molecular weight is 389 g/mol. The molecule has 2 aromatic rings. The average Bonchev–Trinajstić information content (AvgIpc) is 2.92. The van der Waals surface area contributed by atoms with Crippen molar-refractivity contribution in [1.82, 2.24) is 20.0 Å². The second-order valence-electron chi connectivity index (χ2n) is 6.84. The van der Waals surface area contributed by atoms with Crippen molar-refractivity contribution < 1.29 is 9.59 Å². The van der Waals surface area contributed by atoms with Crippen LogP contribution in [0, 0.1) is 6.92 Å². The van der Waals surface area contributed by atoms with E-state index in [1.165, 1.54) is 0 Å². The van der Waals surface area contributed by atoms with Crippen molar-refractivity contribution >= 4 is 23.4 Å². The molecule has 6 nitrogen and oxygen atoms in total. The minimum atomic E-state index is -0.150. The van der Waals surface area contributed by atoms with Gasteiger partial charge in [-0.3, -0.25) is 9.59 Å². The lowest BCUT2D eigenvalue weighted by Gasteiger charge is -2.20. The summed E-state index contributed by atoms with van der Waals surface area (Å²) in [7, 11) is 0. The number of aromatic nitrogens is 2. The molecule has 0 aliphatic carbocycles. The summed E-state index contributed by atoms with van der Waals surface area (Å²) < 4.78 is 1.71. The third-order valence-electron chi connectivity index (χ3n) is 4.87. The SMILES string of the molecule is Cc1c(C(=O)NCCCN2CCCCCC2=O)cnn1-c1cccc(Cl)c1. The summed E-state index contributed by atoms with van der Waals surface area (Å²) >= 11 is 6.04. The van der Waals surface area contributed by atoms with Crippen LogP contribution in [0.2, 0.25) is 5.02 Å². The van der Waals surface area contributed by atoms with Crippen molar-refractivity contribution in [2.45, 2.75) is 39.0 Å². The highest BCUT2D eigenvalue weighted by Crippen LogP contribution is 2.18. The van der Waals surface area contributed by atoms with Gasteiger partial charge in [-0.05, 0) is 44.4 Å². The Kier molecular flexibility index (Phi) is 6.50. The first-order valence-electron chi connectivity index (χ1n) is 9.43. The summed E-state index contributed by atoms with van der Waals surface area (Å²) in [6.07, 6.45) is 6.15. The molecule has 1 aliphatic heterocycles. The Hall–Kier alpha value is -2.34. The molecule has 1 aromatic heterocycles. The van der Waals surface area contributed by atoms with E-state index in [1.807, 2.05) is 24.0 Å².